The lowest BCUT2D eigenvalue weighted by atomic mass is 9.89. The number of para-hydroxylation sites is 2. The highest BCUT2D eigenvalue weighted by Crippen LogP contribution is 2.26. The molecule has 1 aliphatic carbocycles. The first-order chi connectivity index (χ1) is 10.2. The Balaban J connectivity index is 1.76. The quantitative estimate of drug-likeness (QED) is 0.876. The van der Waals surface area contributed by atoms with Crippen LogP contribution in [0.4, 0.5) is 5.69 Å². The molecule has 1 saturated carbocycles. The van der Waals surface area contributed by atoms with Crippen molar-refractivity contribution in [3.8, 4) is 5.75 Å². The van der Waals surface area contributed by atoms with Crippen molar-refractivity contribution in [2.75, 3.05) is 32.1 Å². The van der Waals surface area contributed by atoms with Gasteiger partial charge in [0.15, 0.2) is 6.61 Å². The molecule has 4 nitrogen and oxygen atoms in total. The second kappa shape index (κ2) is 7.91. The lowest BCUT2D eigenvalue weighted by Crippen LogP contribution is -2.33. The van der Waals surface area contributed by atoms with Crippen LogP contribution in [0.3, 0.4) is 0 Å². The van der Waals surface area contributed by atoms with Gasteiger partial charge in [0.25, 0.3) is 5.91 Å². The van der Waals surface area contributed by atoms with E-state index < -0.39 is 0 Å². The molecule has 2 rings (SSSR count). The van der Waals surface area contributed by atoms with Gasteiger partial charge in [0.1, 0.15) is 5.75 Å². The van der Waals surface area contributed by atoms with Crippen LogP contribution in [0.5, 0.6) is 5.75 Å². The Kier molecular flexibility index (Phi) is 5.90. The number of hydrogen-bond donors (Lipinski definition) is 1. The van der Waals surface area contributed by atoms with Gasteiger partial charge in [0, 0.05) is 20.6 Å². The Morgan fingerprint density at radius 2 is 1.95 bits per heavy atom. The van der Waals surface area contributed by atoms with E-state index in [0.717, 1.165) is 18.0 Å². The molecule has 0 heterocycles. The van der Waals surface area contributed by atoms with Crippen molar-refractivity contribution in [1.29, 1.82) is 0 Å². The van der Waals surface area contributed by atoms with Gasteiger partial charge in [-0.25, -0.2) is 0 Å². The minimum Gasteiger partial charge on any atom is -0.482 e. The molecule has 0 aromatic heterocycles. The molecule has 0 radical (unpaired) electrons. The average Bonchev–Trinajstić information content (AvgIpc) is 2.52. The Hall–Kier alpha value is -1.71. The first-order valence-corrected chi connectivity index (χ1v) is 7.82. The minimum absolute atomic E-state index is 0.0332. The van der Waals surface area contributed by atoms with Gasteiger partial charge >= 0.3 is 0 Å². The standard InChI is InChI=1S/C17H26N2O2/c1-19(2)15-10-6-7-11-16(15)21-13-17(20)18-12-14-8-4-3-5-9-14/h6-7,10-11,14H,3-5,8-9,12-13H2,1-2H3,(H,18,20). The second-order valence-corrected chi connectivity index (χ2v) is 5.96. The highest BCUT2D eigenvalue weighted by Gasteiger charge is 2.14. The van der Waals surface area contributed by atoms with E-state index >= 15 is 0 Å². The molecule has 1 aliphatic rings. The fraction of sp³-hybridized carbons (Fsp3) is 0.588. The van der Waals surface area contributed by atoms with Gasteiger partial charge in [-0.2, -0.15) is 0 Å². The Labute approximate surface area is 127 Å². The molecule has 0 saturated heterocycles. The summed E-state index contributed by atoms with van der Waals surface area (Å²) in [6.07, 6.45) is 6.42. The molecule has 1 amide bonds. The maximum atomic E-state index is 11.9. The summed E-state index contributed by atoms with van der Waals surface area (Å²) < 4.78 is 5.65. The van der Waals surface area contributed by atoms with E-state index in [1.54, 1.807) is 0 Å². The zero-order valence-corrected chi connectivity index (χ0v) is 13.1. The van der Waals surface area contributed by atoms with Gasteiger partial charge in [-0.05, 0) is 30.9 Å². The van der Waals surface area contributed by atoms with Crippen LogP contribution in [0.2, 0.25) is 0 Å². The SMILES string of the molecule is CN(C)c1ccccc1OCC(=O)NCC1CCCCC1. The Morgan fingerprint density at radius 3 is 2.67 bits per heavy atom. The van der Waals surface area contributed by atoms with Crippen LogP contribution in [0.25, 0.3) is 0 Å². The van der Waals surface area contributed by atoms with Crippen molar-refractivity contribution in [3.05, 3.63) is 24.3 Å². The molecule has 1 aromatic rings. The number of anilines is 1. The van der Waals surface area contributed by atoms with Crippen LogP contribution in [-0.4, -0.2) is 33.2 Å². The van der Waals surface area contributed by atoms with Crippen LogP contribution < -0.4 is 15.0 Å². The van der Waals surface area contributed by atoms with Crippen molar-refractivity contribution in [3.63, 3.8) is 0 Å². The summed E-state index contributed by atoms with van der Waals surface area (Å²) in [5.41, 5.74) is 0.984. The van der Waals surface area contributed by atoms with E-state index in [1.165, 1.54) is 32.1 Å². The van der Waals surface area contributed by atoms with E-state index in [-0.39, 0.29) is 12.5 Å². The van der Waals surface area contributed by atoms with E-state index in [2.05, 4.69) is 5.32 Å². The third-order valence-electron chi connectivity index (χ3n) is 4.02. The molecule has 1 aromatic carbocycles. The third kappa shape index (κ3) is 4.96. The van der Waals surface area contributed by atoms with Crippen LogP contribution in [0.1, 0.15) is 32.1 Å². The molecule has 0 aliphatic heterocycles. The lowest BCUT2D eigenvalue weighted by molar-refractivity contribution is -0.123. The fourth-order valence-corrected chi connectivity index (χ4v) is 2.79. The van der Waals surface area contributed by atoms with Crippen LogP contribution in [0.15, 0.2) is 24.3 Å². The monoisotopic (exact) mass is 290 g/mol. The molecule has 0 bridgehead atoms. The average molecular weight is 290 g/mol. The molecule has 1 fully saturated rings. The topological polar surface area (TPSA) is 41.6 Å². The number of ether oxygens (including phenoxy) is 1. The van der Waals surface area contributed by atoms with E-state index in [4.69, 9.17) is 4.74 Å². The summed E-state index contributed by atoms with van der Waals surface area (Å²) >= 11 is 0. The first-order valence-electron chi connectivity index (χ1n) is 7.82. The van der Waals surface area contributed by atoms with Crippen LogP contribution >= 0.6 is 0 Å². The second-order valence-electron chi connectivity index (χ2n) is 5.96. The van der Waals surface area contributed by atoms with E-state index in [0.29, 0.717) is 5.92 Å². The minimum atomic E-state index is -0.0332. The molecule has 0 atom stereocenters. The molecule has 4 heteroatoms. The normalized spacial score (nSPS) is 15.5. The van der Waals surface area contributed by atoms with Crippen molar-refractivity contribution < 1.29 is 9.53 Å². The summed E-state index contributed by atoms with van der Waals surface area (Å²) in [4.78, 5) is 13.9. The molecule has 0 spiro atoms. The number of hydrogen-bond acceptors (Lipinski definition) is 3. The van der Waals surface area contributed by atoms with E-state index in [1.807, 2.05) is 43.3 Å². The summed E-state index contributed by atoms with van der Waals surface area (Å²) in [5.74, 6) is 1.36. The number of carbonyl (C=O) groups is 1. The van der Waals surface area contributed by atoms with Gasteiger partial charge in [0.2, 0.25) is 0 Å². The smallest absolute Gasteiger partial charge is 0.257 e. The van der Waals surface area contributed by atoms with Gasteiger partial charge in [-0.15, -0.1) is 0 Å². The van der Waals surface area contributed by atoms with Crippen molar-refractivity contribution in [2.24, 2.45) is 5.92 Å². The number of nitrogens with one attached hydrogen (secondary N) is 1. The highest BCUT2D eigenvalue weighted by molar-refractivity contribution is 5.77. The lowest BCUT2D eigenvalue weighted by Gasteiger charge is -2.22. The predicted molar refractivity (Wildman–Crippen MR) is 85.8 cm³/mol. The maximum Gasteiger partial charge on any atom is 0.257 e. The molecule has 0 unspecified atom stereocenters. The van der Waals surface area contributed by atoms with Crippen molar-refractivity contribution >= 4 is 11.6 Å². The van der Waals surface area contributed by atoms with Crippen molar-refractivity contribution in [1.82, 2.24) is 5.32 Å². The van der Waals surface area contributed by atoms with E-state index in [9.17, 15) is 4.79 Å². The summed E-state index contributed by atoms with van der Waals surface area (Å²) in [6.45, 7) is 0.870. The molecule has 116 valence electrons. The molecular weight excluding hydrogens is 264 g/mol. The van der Waals surface area contributed by atoms with Crippen molar-refractivity contribution in [2.45, 2.75) is 32.1 Å². The molecule has 1 N–H and O–H groups in total. The van der Waals surface area contributed by atoms with Gasteiger partial charge in [0.05, 0.1) is 5.69 Å². The van der Waals surface area contributed by atoms with Gasteiger partial charge in [-0.3, -0.25) is 4.79 Å². The maximum absolute atomic E-state index is 11.9. The third-order valence-corrected chi connectivity index (χ3v) is 4.02. The number of amides is 1. The summed E-state index contributed by atoms with van der Waals surface area (Å²) in [7, 11) is 3.93. The Bertz CT molecular complexity index is 454. The van der Waals surface area contributed by atoms with Gasteiger partial charge < -0.3 is 15.0 Å². The summed E-state index contributed by atoms with van der Waals surface area (Å²) in [5, 5.41) is 2.99. The number of nitrogens with zero attached hydrogens (tertiary/aromatic N) is 1. The largest absolute Gasteiger partial charge is 0.482 e. The number of benzene rings is 1. The first kappa shape index (κ1) is 15.7. The number of carbonyl (C=O) groups excluding carboxylic acids is 1. The van der Waals surface area contributed by atoms with Crippen LogP contribution in [0, 0.1) is 5.92 Å². The van der Waals surface area contributed by atoms with Gasteiger partial charge in [-0.1, -0.05) is 31.4 Å². The fourth-order valence-electron chi connectivity index (χ4n) is 2.79. The molecular formula is C17H26N2O2. The molecule has 21 heavy (non-hydrogen) atoms. The van der Waals surface area contributed by atoms with Crippen LogP contribution in [-0.2, 0) is 4.79 Å². The zero-order valence-electron chi connectivity index (χ0n) is 13.1. The number of rotatable bonds is 6. The summed E-state index contributed by atoms with van der Waals surface area (Å²) in [6, 6.07) is 7.76. The highest BCUT2D eigenvalue weighted by atomic mass is 16.5. The zero-order chi connectivity index (χ0) is 15.1. The predicted octanol–water partition coefficient (Wildman–Crippen LogP) is 2.83. The Morgan fingerprint density at radius 1 is 1.24 bits per heavy atom.